The number of aryl methyl sites for hydroxylation is 1. The monoisotopic (exact) mass is 401 g/mol. The molecular formula is C23H19N3O4. The number of nitrogens with one attached hydrogen (secondary N) is 1. The number of fused-ring (bicyclic) bond motifs is 1. The van der Waals surface area contributed by atoms with Crippen molar-refractivity contribution in [3.63, 3.8) is 0 Å². The lowest BCUT2D eigenvalue weighted by Crippen LogP contribution is -2.11. The van der Waals surface area contributed by atoms with E-state index in [0.717, 1.165) is 0 Å². The zero-order valence-corrected chi connectivity index (χ0v) is 16.2. The molecule has 4 rings (SSSR count). The third kappa shape index (κ3) is 4.15. The largest absolute Gasteiger partial charge is 0.457 e. The number of anilines is 1. The molecule has 0 atom stereocenters. The van der Waals surface area contributed by atoms with Gasteiger partial charge in [-0.1, -0.05) is 6.92 Å². The third-order valence-electron chi connectivity index (χ3n) is 4.48. The molecule has 0 aliphatic carbocycles. The van der Waals surface area contributed by atoms with Gasteiger partial charge in [0.05, 0.1) is 0 Å². The predicted molar refractivity (Wildman–Crippen MR) is 113 cm³/mol. The SMILES string of the molecule is CCc1nc2cc(NC(=O)c3ccc(Oc4ccc(C(N)=O)cc4)cc3)ccc2o1. The van der Waals surface area contributed by atoms with Crippen LogP contribution in [0.1, 0.15) is 33.5 Å². The summed E-state index contributed by atoms with van der Waals surface area (Å²) in [6.45, 7) is 1.97. The fourth-order valence-electron chi connectivity index (χ4n) is 2.91. The molecule has 0 aliphatic heterocycles. The first-order valence-electron chi connectivity index (χ1n) is 9.40. The van der Waals surface area contributed by atoms with Crippen LogP contribution in [0.25, 0.3) is 11.1 Å². The fraction of sp³-hybridized carbons (Fsp3) is 0.0870. The van der Waals surface area contributed by atoms with Crippen LogP contribution in [0, 0.1) is 0 Å². The Morgan fingerprint density at radius 3 is 2.20 bits per heavy atom. The smallest absolute Gasteiger partial charge is 0.255 e. The first-order valence-corrected chi connectivity index (χ1v) is 9.40. The molecule has 0 spiro atoms. The molecule has 1 heterocycles. The average Bonchev–Trinajstić information content (AvgIpc) is 3.17. The highest BCUT2D eigenvalue weighted by atomic mass is 16.5. The number of aromatic nitrogens is 1. The van der Waals surface area contributed by atoms with E-state index < -0.39 is 5.91 Å². The number of carbonyl (C=O) groups excluding carboxylic acids is 2. The summed E-state index contributed by atoms with van der Waals surface area (Å²) >= 11 is 0. The van der Waals surface area contributed by atoms with Gasteiger partial charge in [0.1, 0.15) is 17.0 Å². The normalized spacial score (nSPS) is 10.7. The van der Waals surface area contributed by atoms with Crippen molar-refractivity contribution in [2.24, 2.45) is 5.73 Å². The van der Waals surface area contributed by atoms with E-state index in [-0.39, 0.29) is 5.91 Å². The van der Waals surface area contributed by atoms with E-state index >= 15 is 0 Å². The first-order chi connectivity index (χ1) is 14.5. The standard InChI is InChI=1S/C23H19N3O4/c1-2-21-26-19-13-16(7-12-20(19)30-21)25-23(28)15-5-10-18(11-6-15)29-17-8-3-14(4-9-17)22(24)27/h3-13H,2H2,1H3,(H2,24,27)(H,25,28). The van der Waals surface area contributed by atoms with Gasteiger partial charge in [-0.05, 0) is 66.7 Å². The third-order valence-corrected chi connectivity index (χ3v) is 4.48. The average molecular weight is 401 g/mol. The number of benzene rings is 3. The maximum absolute atomic E-state index is 12.5. The number of ether oxygens (including phenoxy) is 1. The molecule has 7 nitrogen and oxygen atoms in total. The number of nitrogens with zero attached hydrogens (tertiary/aromatic N) is 1. The van der Waals surface area contributed by atoms with Gasteiger partial charge >= 0.3 is 0 Å². The minimum absolute atomic E-state index is 0.245. The van der Waals surface area contributed by atoms with E-state index in [1.165, 1.54) is 0 Å². The number of hydrogen-bond acceptors (Lipinski definition) is 5. The van der Waals surface area contributed by atoms with Crippen LogP contribution in [0.15, 0.2) is 71.1 Å². The molecule has 30 heavy (non-hydrogen) atoms. The van der Waals surface area contributed by atoms with Crippen LogP contribution < -0.4 is 15.8 Å². The van der Waals surface area contributed by atoms with E-state index in [0.29, 0.717) is 51.7 Å². The topological polar surface area (TPSA) is 107 Å². The molecule has 3 aromatic carbocycles. The first kappa shape index (κ1) is 19.2. The van der Waals surface area contributed by atoms with Crippen molar-refractivity contribution in [2.45, 2.75) is 13.3 Å². The lowest BCUT2D eigenvalue weighted by Gasteiger charge is -2.08. The summed E-state index contributed by atoms with van der Waals surface area (Å²) < 4.78 is 11.3. The summed E-state index contributed by atoms with van der Waals surface area (Å²) in [4.78, 5) is 28.0. The second kappa shape index (κ2) is 8.08. The van der Waals surface area contributed by atoms with Crippen molar-refractivity contribution >= 4 is 28.6 Å². The molecule has 7 heteroatoms. The zero-order chi connectivity index (χ0) is 21.1. The van der Waals surface area contributed by atoms with Crippen molar-refractivity contribution < 1.29 is 18.7 Å². The van der Waals surface area contributed by atoms with Crippen LogP contribution in [0.3, 0.4) is 0 Å². The molecule has 0 aliphatic rings. The van der Waals surface area contributed by atoms with Crippen LogP contribution in [0.5, 0.6) is 11.5 Å². The molecule has 0 saturated heterocycles. The highest BCUT2D eigenvalue weighted by Crippen LogP contribution is 2.23. The van der Waals surface area contributed by atoms with E-state index in [1.54, 1.807) is 66.7 Å². The van der Waals surface area contributed by atoms with Crippen LogP contribution in [0.2, 0.25) is 0 Å². The lowest BCUT2D eigenvalue weighted by molar-refractivity contribution is 0.0997. The highest BCUT2D eigenvalue weighted by molar-refractivity contribution is 6.05. The minimum atomic E-state index is -0.495. The van der Waals surface area contributed by atoms with Gasteiger partial charge in [0.2, 0.25) is 5.91 Å². The van der Waals surface area contributed by atoms with Gasteiger partial charge < -0.3 is 20.2 Å². The van der Waals surface area contributed by atoms with Gasteiger partial charge in [-0.25, -0.2) is 4.98 Å². The summed E-state index contributed by atoms with van der Waals surface area (Å²) in [6.07, 6.45) is 0.708. The molecule has 0 saturated carbocycles. The Labute approximate surface area is 172 Å². The van der Waals surface area contributed by atoms with E-state index in [2.05, 4.69) is 10.3 Å². The van der Waals surface area contributed by atoms with E-state index in [9.17, 15) is 9.59 Å². The van der Waals surface area contributed by atoms with Crippen LogP contribution >= 0.6 is 0 Å². The fourth-order valence-corrected chi connectivity index (χ4v) is 2.91. The molecule has 0 radical (unpaired) electrons. The summed E-state index contributed by atoms with van der Waals surface area (Å²) in [6, 6.07) is 18.6. The lowest BCUT2D eigenvalue weighted by atomic mass is 10.2. The summed E-state index contributed by atoms with van der Waals surface area (Å²) in [7, 11) is 0. The van der Waals surface area contributed by atoms with Crippen molar-refractivity contribution in [3.05, 3.63) is 83.7 Å². The number of carbonyl (C=O) groups is 2. The van der Waals surface area contributed by atoms with Crippen molar-refractivity contribution in [1.29, 1.82) is 0 Å². The van der Waals surface area contributed by atoms with Gasteiger partial charge in [-0.3, -0.25) is 9.59 Å². The molecule has 0 bridgehead atoms. The molecule has 0 fully saturated rings. The van der Waals surface area contributed by atoms with Gasteiger partial charge in [-0.15, -0.1) is 0 Å². The van der Waals surface area contributed by atoms with Gasteiger partial charge in [0.15, 0.2) is 11.5 Å². The van der Waals surface area contributed by atoms with Crippen LogP contribution in [-0.4, -0.2) is 16.8 Å². The Hall–Kier alpha value is -4.13. The van der Waals surface area contributed by atoms with Gasteiger partial charge in [0, 0.05) is 23.2 Å². The minimum Gasteiger partial charge on any atom is -0.457 e. The van der Waals surface area contributed by atoms with Crippen LogP contribution in [0.4, 0.5) is 5.69 Å². The molecule has 150 valence electrons. The Bertz CT molecular complexity index is 1210. The molecular weight excluding hydrogens is 382 g/mol. The number of primary amides is 1. The van der Waals surface area contributed by atoms with Gasteiger partial charge in [-0.2, -0.15) is 0 Å². The molecule has 2 amide bonds. The number of nitrogens with two attached hydrogens (primary N) is 1. The predicted octanol–water partition coefficient (Wildman–Crippen LogP) is 4.53. The number of oxazole rings is 1. The van der Waals surface area contributed by atoms with Gasteiger partial charge in [0.25, 0.3) is 5.91 Å². The Morgan fingerprint density at radius 1 is 0.967 bits per heavy atom. The number of amides is 2. The molecule has 4 aromatic rings. The zero-order valence-electron chi connectivity index (χ0n) is 16.2. The maximum Gasteiger partial charge on any atom is 0.255 e. The molecule has 0 unspecified atom stereocenters. The van der Waals surface area contributed by atoms with Crippen molar-refractivity contribution in [1.82, 2.24) is 4.98 Å². The molecule has 1 aromatic heterocycles. The quantitative estimate of drug-likeness (QED) is 0.493. The maximum atomic E-state index is 12.5. The summed E-state index contributed by atoms with van der Waals surface area (Å²) in [5.41, 5.74) is 8.15. The number of rotatable bonds is 6. The van der Waals surface area contributed by atoms with Crippen molar-refractivity contribution in [2.75, 3.05) is 5.32 Å². The second-order valence-electron chi connectivity index (χ2n) is 6.61. The Balaban J connectivity index is 1.43. The Kier molecular flexibility index (Phi) is 5.17. The second-order valence-corrected chi connectivity index (χ2v) is 6.61. The van der Waals surface area contributed by atoms with Crippen LogP contribution in [-0.2, 0) is 6.42 Å². The van der Waals surface area contributed by atoms with E-state index in [4.69, 9.17) is 14.9 Å². The van der Waals surface area contributed by atoms with E-state index in [1.807, 2.05) is 6.92 Å². The van der Waals surface area contributed by atoms with Crippen molar-refractivity contribution in [3.8, 4) is 11.5 Å². The summed E-state index contributed by atoms with van der Waals surface area (Å²) in [5, 5.41) is 2.86. The summed E-state index contributed by atoms with van der Waals surface area (Å²) in [5.74, 6) is 1.05. The number of hydrogen-bond donors (Lipinski definition) is 2. The Morgan fingerprint density at radius 2 is 1.60 bits per heavy atom. The molecule has 3 N–H and O–H groups in total. The highest BCUT2D eigenvalue weighted by Gasteiger charge is 2.10.